The molecule has 122 valence electrons. The first-order chi connectivity index (χ1) is 11.2. The Bertz CT molecular complexity index is 670. The Morgan fingerprint density at radius 3 is 3.00 bits per heavy atom. The zero-order chi connectivity index (χ0) is 16.2. The molecule has 2 heterocycles. The molecule has 4 heteroatoms. The Kier molecular flexibility index (Phi) is 4.94. The predicted molar refractivity (Wildman–Crippen MR) is 91.8 cm³/mol. The van der Waals surface area contributed by atoms with Crippen molar-refractivity contribution in [1.29, 1.82) is 0 Å². The van der Waals surface area contributed by atoms with E-state index in [2.05, 4.69) is 28.5 Å². The molecule has 0 aliphatic carbocycles. The van der Waals surface area contributed by atoms with Crippen molar-refractivity contribution >= 4 is 0 Å². The van der Waals surface area contributed by atoms with Crippen molar-refractivity contribution < 1.29 is 9.47 Å². The maximum absolute atomic E-state index is 5.91. The van der Waals surface area contributed by atoms with Crippen LogP contribution in [0.4, 0.5) is 0 Å². The van der Waals surface area contributed by atoms with Crippen LogP contribution in [0, 0.1) is 0 Å². The number of rotatable bonds is 5. The van der Waals surface area contributed by atoms with Gasteiger partial charge in [-0.1, -0.05) is 18.2 Å². The van der Waals surface area contributed by atoms with Crippen molar-refractivity contribution in [3.8, 4) is 17.0 Å². The number of nitrogens with one attached hydrogen (secondary N) is 1. The van der Waals surface area contributed by atoms with E-state index in [0.717, 1.165) is 25.1 Å². The SMILES string of the molecule is CNCC1OCCc2c(-c3ccnc(OC(C)C)c3)cccc21. The number of likely N-dealkylation sites (N-methyl/N-ethyl adjacent to an activating group) is 1. The molecule has 1 N–H and O–H groups in total. The molecule has 0 amide bonds. The van der Waals surface area contributed by atoms with Crippen LogP contribution in [0.2, 0.25) is 0 Å². The van der Waals surface area contributed by atoms with E-state index < -0.39 is 0 Å². The Balaban J connectivity index is 1.99. The Morgan fingerprint density at radius 1 is 1.35 bits per heavy atom. The van der Waals surface area contributed by atoms with Crippen molar-refractivity contribution in [2.45, 2.75) is 32.5 Å². The summed E-state index contributed by atoms with van der Waals surface area (Å²) in [5.41, 5.74) is 5.06. The fraction of sp³-hybridized carbons (Fsp3) is 0.421. The number of fused-ring (bicyclic) bond motifs is 1. The van der Waals surface area contributed by atoms with E-state index in [-0.39, 0.29) is 12.2 Å². The second-order valence-corrected chi connectivity index (χ2v) is 6.09. The van der Waals surface area contributed by atoms with Crippen molar-refractivity contribution in [2.24, 2.45) is 0 Å². The van der Waals surface area contributed by atoms with E-state index >= 15 is 0 Å². The van der Waals surface area contributed by atoms with Crippen LogP contribution in [-0.4, -0.2) is 31.3 Å². The molecule has 23 heavy (non-hydrogen) atoms. The lowest BCUT2D eigenvalue weighted by molar-refractivity contribution is 0.0440. The maximum atomic E-state index is 5.91. The van der Waals surface area contributed by atoms with Crippen LogP contribution < -0.4 is 10.1 Å². The van der Waals surface area contributed by atoms with Gasteiger partial charge in [0.2, 0.25) is 5.88 Å². The van der Waals surface area contributed by atoms with Gasteiger partial charge in [0, 0.05) is 18.8 Å². The van der Waals surface area contributed by atoms with Crippen molar-refractivity contribution in [3.05, 3.63) is 47.7 Å². The van der Waals surface area contributed by atoms with Gasteiger partial charge in [0.15, 0.2) is 0 Å². The maximum Gasteiger partial charge on any atom is 0.214 e. The van der Waals surface area contributed by atoms with Crippen LogP contribution >= 0.6 is 0 Å². The Morgan fingerprint density at radius 2 is 2.22 bits per heavy atom. The molecule has 1 aliphatic rings. The second-order valence-electron chi connectivity index (χ2n) is 6.09. The second kappa shape index (κ2) is 7.11. The summed E-state index contributed by atoms with van der Waals surface area (Å²) in [6, 6.07) is 10.5. The number of hydrogen-bond donors (Lipinski definition) is 1. The molecule has 0 bridgehead atoms. The topological polar surface area (TPSA) is 43.4 Å². The molecule has 0 fully saturated rings. The molecule has 0 spiro atoms. The van der Waals surface area contributed by atoms with Crippen LogP contribution in [0.5, 0.6) is 5.88 Å². The molecule has 2 aromatic rings. The molecule has 1 atom stereocenters. The predicted octanol–water partition coefficient (Wildman–Crippen LogP) is 3.37. The molecular formula is C19H24N2O2. The van der Waals surface area contributed by atoms with Crippen LogP contribution in [0.25, 0.3) is 11.1 Å². The number of pyridine rings is 1. The zero-order valence-corrected chi connectivity index (χ0v) is 14.0. The van der Waals surface area contributed by atoms with E-state index in [9.17, 15) is 0 Å². The summed E-state index contributed by atoms with van der Waals surface area (Å²) < 4.78 is 11.6. The minimum absolute atomic E-state index is 0.121. The summed E-state index contributed by atoms with van der Waals surface area (Å²) in [7, 11) is 1.96. The van der Waals surface area contributed by atoms with Gasteiger partial charge in [0.1, 0.15) is 0 Å². The molecular weight excluding hydrogens is 288 g/mol. The van der Waals surface area contributed by atoms with Gasteiger partial charge in [-0.3, -0.25) is 0 Å². The number of hydrogen-bond acceptors (Lipinski definition) is 4. The number of ether oxygens (including phenoxy) is 2. The van der Waals surface area contributed by atoms with Crippen LogP contribution in [0.1, 0.15) is 31.1 Å². The third kappa shape index (κ3) is 3.54. The Labute approximate surface area is 137 Å². The van der Waals surface area contributed by atoms with Gasteiger partial charge in [-0.2, -0.15) is 0 Å². The van der Waals surface area contributed by atoms with Gasteiger partial charge < -0.3 is 14.8 Å². The first kappa shape index (κ1) is 16.0. The van der Waals surface area contributed by atoms with Crippen LogP contribution in [0.3, 0.4) is 0 Å². The number of nitrogens with zero attached hydrogens (tertiary/aromatic N) is 1. The van der Waals surface area contributed by atoms with Gasteiger partial charge >= 0.3 is 0 Å². The first-order valence-electron chi connectivity index (χ1n) is 8.20. The zero-order valence-electron chi connectivity index (χ0n) is 14.0. The lowest BCUT2D eigenvalue weighted by Gasteiger charge is -2.28. The van der Waals surface area contributed by atoms with E-state index in [1.54, 1.807) is 0 Å². The van der Waals surface area contributed by atoms with Crippen LogP contribution in [-0.2, 0) is 11.2 Å². The van der Waals surface area contributed by atoms with Crippen molar-refractivity contribution in [1.82, 2.24) is 10.3 Å². The summed E-state index contributed by atoms with van der Waals surface area (Å²) in [4.78, 5) is 4.30. The highest BCUT2D eigenvalue weighted by Gasteiger charge is 2.22. The van der Waals surface area contributed by atoms with E-state index in [1.807, 2.05) is 39.2 Å². The standard InChI is InChI=1S/C19H24N2O2/c1-13(2)23-19-11-14(7-9-21-19)15-5-4-6-17-16(15)8-10-22-18(17)12-20-3/h4-7,9,11,13,18,20H,8,10,12H2,1-3H3. The molecule has 4 nitrogen and oxygen atoms in total. The first-order valence-corrected chi connectivity index (χ1v) is 8.20. The number of benzene rings is 1. The molecule has 0 saturated heterocycles. The summed E-state index contributed by atoms with van der Waals surface area (Å²) in [6.07, 6.45) is 3.00. The van der Waals surface area contributed by atoms with Crippen molar-refractivity contribution in [3.63, 3.8) is 0 Å². The highest BCUT2D eigenvalue weighted by Crippen LogP contribution is 2.35. The smallest absolute Gasteiger partial charge is 0.214 e. The van der Waals surface area contributed by atoms with E-state index in [0.29, 0.717) is 5.88 Å². The summed E-state index contributed by atoms with van der Waals surface area (Å²) in [5.74, 6) is 0.675. The highest BCUT2D eigenvalue weighted by molar-refractivity contribution is 5.70. The highest BCUT2D eigenvalue weighted by atomic mass is 16.5. The monoisotopic (exact) mass is 312 g/mol. The average molecular weight is 312 g/mol. The average Bonchev–Trinajstić information content (AvgIpc) is 2.54. The molecule has 1 aromatic heterocycles. The fourth-order valence-electron chi connectivity index (χ4n) is 3.09. The summed E-state index contributed by atoms with van der Waals surface area (Å²) in [6.45, 7) is 5.61. The van der Waals surface area contributed by atoms with Gasteiger partial charge in [-0.25, -0.2) is 4.98 Å². The lowest BCUT2D eigenvalue weighted by atomic mass is 9.90. The molecule has 3 rings (SSSR count). The van der Waals surface area contributed by atoms with Crippen LogP contribution in [0.15, 0.2) is 36.5 Å². The number of aromatic nitrogens is 1. The summed E-state index contributed by atoms with van der Waals surface area (Å²) >= 11 is 0. The molecule has 0 radical (unpaired) electrons. The van der Waals surface area contributed by atoms with E-state index in [1.165, 1.54) is 16.7 Å². The molecule has 1 unspecified atom stereocenters. The molecule has 1 aliphatic heterocycles. The fourth-order valence-corrected chi connectivity index (χ4v) is 3.09. The van der Waals surface area contributed by atoms with Gasteiger partial charge in [-0.05, 0) is 55.6 Å². The van der Waals surface area contributed by atoms with Gasteiger partial charge in [-0.15, -0.1) is 0 Å². The minimum Gasteiger partial charge on any atom is -0.475 e. The largest absolute Gasteiger partial charge is 0.475 e. The van der Waals surface area contributed by atoms with Gasteiger partial charge in [0.25, 0.3) is 0 Å². The van der Waals surface area contributed by atoms with Crippen molar-refractivity contribution in [2.75, 3.05) is 20.2 Å². The normalized spacial score (nSPS) is 17.1. The third-order valence-corrected chi connectivity index (χ3v) is 4.02. The third-order valence-electron chi connectivity index (χ3n) is 4.02. The lowest BCUT2D eigenvalue weighted by Crippen LogP contribution is -2.25. The molecule has 0 saturated carbocycles. The minimum atomic E-state index is 0.121. The van der Waals surface area contributed by atoms with Gasteiger partial charge in [0.05, 0.1) is 18.8 Å². The molecule has 1 aromatic carbocycles. The Hall–Kier alpha value is -1.91. The quantitative estimate of drug-likeness (QED) is 0.919. The summed E-state index contributed by atoms with van der Waals surface area (Å²) in [5, 5.41) is 3.21. The van der Waals surface area contributed by atoms with E-state index in [4.69, 9.17) is 9.47 Å².